The van der Waals surface area contributed by atoms with Crippen molar-refractivity contribution < 1.29 is 4.92 Å². The first-order chi connectivity index (χ1) is 9.92. The van der Waals surface area contributed by atoms with Crippen molar-refractivity contribution in [3.63, 3.8) is 0 Å². The van der Waals surface area contributed by atoms with Crippen LogP contribution in [0.1, 0.15) is 18.2 Å². The van der Waals surface area contributed by atoms with Crippen LogP contribution >= 0.6 is 15.9 Å². The van der Waals surface area contributed by atoms with E-state index in [0.29, 0.717) is 0 Å². The molecule has 1 aromatic carbocycles. The standard InChI is InChI=1S/C13H14BrN5O2/c1-3-8-6-9(14)4-5-10(8)17-12-11(19(20)21)7(2)16-13(15)18-12/h4-6H,3H2,1-2H3,(H3,15,16,17,18). The molecule has 0 saturated carbocycles. The molecule has 0 aliphatic carbocycles. The summed E-state index contributed by atoms with van der Waals surface area (Å²) in [5.74, 6) is 0.0952. The predicted octanol–water partition coefficient (Wildman–Crippen LogP) is 3.34. The Kier molecular flexibility index (Phi) is 4.37. The normalized spacial score (nSPS) is 10.4. The summed E-state index contributed by atoms with van der Waals surface area (Å²) in [7, 11) is 0. The average molecular weight is 352 g/mol. The van der Waals surface area contributed by atoms with Crippen LogP contribution in [0, 0.1) is 17.0 Å². The van der Waals surface area contributed by atoms with E-state index in [9.17, 15) is 10.1 Å². The number of nitro groups is 1. The van der Waals surface area contributed by atoms with Crippen molar-refractivity contribution in [2.24, 2.45) is 0 Å². The molecule has 0 aliphatic heterocycles. The largest absolute Gasteiger partial charge is 0.368 e. The molecule has 1 heterocycles. The molecule has 3 N–H and O–H groups in total. The molecule has 0 amide bonds. The fourth-order valence-corrected chi connectivity index (χ4v) is 2.41. The zero-order chi connectivity index (χ0) is 15.6. The number of nitrogen functional groups attached to an aromatic ring is 1. The Morgan fingerprint density at radius 1 is 1.43 bits per heavy atom. The second kappa shape index (κ2) is 6.04. The second-order valence-corrected chi connectivity index (χ2v) is 5.32. The van der Waals surface area contributed by atoms with Crippen LogP contribution in [-0.2, 0) is 6.42 Å². The third-order valence-electron chi connectivity index (χ3n) is 2.96. The minimum Gasteiger partial charge on any atom is -0.368 e. The molecule has 21 heavy (non-hydrogen) atoms. The van der Waals surface area contributed by atoms with E-state index in [-0.39, 0.29) is 23.1 Å². The van der Waals surface area contributed by atoms with Gasteiger partial charge in [0.2, 0.25) is 11.8 Å². The number of halogens is 1. The van der Waals surface area contributed by atoms with Gasteiger partial charge in [0.15, 0.2) is 0 Å². The SMILES string of the molecule is CCc1cc(Br)ccc1Nc1nc(N)nc(C)c1[N+](=O)[O-]. The maximum Gasteiger partial charge on any atom is 0.332 e. The molecule has 2 aromatic rings. The van der Waals surface area contributed by atoms with Gasteiger partial charge in [-0.1, -0.05) is 22.9 Å². The van der Waals surface area contributed by atoms with Crippen LogP contribution in [0.25, 0.3) is 0 Å². The number of hydrogen-bond acceptors (Lipinski definition) is 6. The van der Waals surface area contributed by atoms with Gasteiger partial charge in [-0.05, 0) is 37.1 Å². The Bertz CT molecular complexity index is 705. The number of benzene rings is 1. The summed E-state index contributed by atoms with van der Waals surface area (Å²) < 4.78 is 0.942. The Labute approximate surface area is 129 Å². The highest BCUT2D eigenvalue weighted by Gasteiger charge is 2.22. The van der Waals surface area contributed by atoms with Crippen LogP contribution in [0.15, 0.2) is 22.7 Å². The lowest BCUT2D eigenvalue weighted by Crippen LogP contribution is -2.07. The van der Waals surface area contributed by atoms with Crippen molar-refractivity contribution in [1.29, 1.82) is 0 Å². The summed E-state index contributed by atoms with van der Waals surface area (Å²) in [5, 5.41) is 14.2. The summed E-state index contributed by atoms with van der Waals surface area (Å²) in [4.78, 5) is 18.5. The number of hydrogen-bond donors (Lipinski definition) is 2. The molecule has 8 heteroatoms. The van der Waals surface area contributed by atoms with Gasteiger partial charge in [0, 0.05) is 10.2 Å². The number of aromatic nitrogens is 2. The smallest absolute Gasteiger partial charge is 0.332 e. The monoisotopic (exact) mass is 351 g/mol. The summed E-state index contributed by atoms with van der Waals surface area (Å²) in [6, 6.07) is 5.64. The molecule has 7 nitrogen and oxygen atoms in total. The van der Waals surface area contributed by atoms with Gasteiger partial charge in [0.25, 0.3) is 0 Å². The predicted molar refractivity (Wildman–Crippen MR) is 84.6 cm³/mol. The summed E-state index contributed by atoms with van der Waals surface area (Å²) in [6.07, 6.45) is 0.773. The van der Waals surface area contributed by atoms with Gasteiger partial charge >= 0.3 is 5.69 Å². The minimum absolute atomic E-state index is 0.00393. The lowest BCUT2D eigenvalue weighted by Gasteiger charge is -2.12. The fraction of sp³-hybridized carbons (Fsp3) is 0.231. The van der Waals surface area contributed by atoms with Crippen LogP contribution in [0.3, 0.4) is 0 Å². The number of nitrogens with two attached hydrogens (primary N) is 1. The second-order valence-electron chi connectivity index (χ2n) is 4.40. The third-order valence-corrected chi connectivity index (χ3v) is 3.45. The van der Waals surface area contributed by atoms with Crippen LogP contribution in [0.4, 0.5) is 23.1 Å². The van der Waals surface area contributed by atoms with E-state index in [1.165, 1.54) is 6.92 Å². The molecule has 0 radical (unpaired) electrons. The van der Waals surface area contributed by atoms with Gasteiger partial charge in [0.1, 0.15) is 5.69 Å². The molecular formula is C13H14BrN5O2. The molecule has 0 fully saturated rings. The minimum atomic E-state index is -0.512. The van der Waals surface area contributed by atoms with Crippen LogP contribution in [0.5, 0.6) is 0 Å². The molecule has 110 valence electrons. The van der Waals surface area contributed by atoms with E-state index in [1.54, 1.807) is 0 Å². The lowest BCUT2D eigenvalue weighted by atomic mass is 10.1. The van der Waals surface area contributed by atoms with Crippen molar-refractivity contribution >= 4 is 39.1 Å². The van der Waals surface area contributed by atoms with Crippen molar-refractivity contribution in [1.82, 2.24) is 9.97 Å². The zero-order valence-corrected chi connectivity index (χ0v) is 13.1. The van der Waals surface area contributed by atoms with Gasteiger partial charge in [-0.15, -0.1) is 0 Å². The fourth-order valence-electron chi connectivity index (χ4n) is 2.00. The summed E-state index contributed by atoms with van der Waals surface area (Å²) >= 11 is 3.40. The molecule has 0 atom stereocenters. The topological polar surface area (TPSA) is 107 Å². The highest BCUT2D eigenvalue weighted by Crippen LogP contribution is 2.31. The highest BCUT2D eigenvalue weighted by molar-refractivity contribution is 9.10. The molecule has 0 saturated heterocycles. The van der Waals surface area contributed by atoms with Gasteiger partial charge in [0.05, 0.1) is 4.92 Å². The van der Waals surface area contributed by atoms with Gasteiger partial charge in [-0.3, -0.25) is 10.1 Å². The van der Waals surface area contributed by atoms with E-state index in [2.05, 4.69) is 31.2 Å². The van der Waals surface area contributed by atoms with Gasteiger partial charge in [-0.25, -0.2) is 4.98 Å². The lowest BCUT2D eigenvalue weighted by molar-refractivity contribution is -0.385. The molecule has 2 rings (SSSR count). The first kappa shape index (κ1) is 15.2. The van der Waals surface area contributed by atoms with Gasteiger partial charge < -0.3 is 11.1 Å². The van der Waals surface area contributed by atoms with Crippen molar-refractivity contribution in [3.8, 4) is 0 Å². The number of nitrogens with one attached hydrogen (secondary N) is 1. The van der Waals surface area contributed by atoms with Crippen LogP contribution < -0.4 is 11.1 Å². The van der Waals surface area contributed by atoms with E-state index >= 15 is 0 Å². The Balaban J connectivity index is 2.51. The Morgan fingerprint density at radius 3 is 2.76 bits per heavy atom. The summed E-state index contributed by atoms with van der Waals surface area (Å²) in [5.41, 5.74) is 7.40. The number of rotatable bonds is 4. The molecule has 0 aliphatic rings. The quantitative estimate of drug-likeness (QED) is 0.646. The van der Waals surface area contributed by atoms with E-state index < -0.39 is 4.92 Å². The van der Waals surface area contributed by atoms with E-state index in [0.717, 1.165) is 22.1 Å². The van der Waals surface area contributed by atoms with Crippen molar-refractivity contribution in [2.75, 3.05) is 11.1 Å². The molecule has 1 aromatic heterocycles. The Morgan fingerprint density at radius 2 is 2.14 bits per heavy atom. The number of aryl methyl sites for hydroxylation is 2. The average Bonchev–Trinajstić information content (AvgIpc) is 2.39. The molecule has 0 spiro atoms. The van der Waals surface area contributed by atoms with E-state index in [4.69, 9.17) is 5.73 Å². The van der Waals surface area contributed by atoms with Crippen molar-refractivity contribution in [2.45, 2.75) is 20.3 Å². The maximum atomic E-state index is 11.2. The molecular weight excluding hydrogens is 338 g/mol. The van der Waals surface area contributed by atoms with Crippen LogP contribution in [-0.4, -0.2) is 14.9 Å². The molecule has 0 bridgehead atoms. The summed E-state index contributed by atoms with van der Waals surface area (Å²) in [6.45, 7) is 3.53. The van der Waals surface area contributed by atoms with Crippen molar-refractivity contribution in [3.05, 3.63) is 44.0 Å². The third kappa shape index (κ3) is 3.27. The van der Waals surface area contributed by atoms with E-state index in [1.807, 2.05) is 25.1 Å². The highest BCUT2D eigenvalue weighted by atomic mass is 79.9. The van der Waals surface area contributed by atoms with Crippen LogP contribution in [0.2, 0.25) is 0 Å². The molecule has 0 unspecified atom stereocenters. The van der Waals surface area contributed by atoms with Gasteiger partial charge in [-0.2, -0.15) is 4.98 Å². The zero-order valence-electron chi connectivity index (χ0n) is 11.6. The first-order valence-corrected chi connectivity index (χ1v) is 7.05. The number of nitrogens with zero attached hydrogens (tertiary/aromatic N) is 3. The maximum absolute atomic E-state index is 11.2. The first-order valence-electron chi connectivity index (χ1n) is 6.26. The number of anilines is 3. The Hall–Kier alpha value is -2.22.